The van der Waals surface area contributed by atoms with E-state index < -0.39 is 0 Å². The Morgan fingerprint density at radius 1 is 1.50 bits per heavy atom. The van der Waals surface area contributed by atoms with Gasteiger partial charge in [0, 0.05) is 42.9 Å². The molecule has 1 aliphatic heterocycles. The highest BCUT2D eigenvalue weighted by atomic mass is 16.5. The van der Waals surface area contributed by atoms with Gasteiger partial charge in [0.25, 0.3) is 0 Å². The van der Waals surface area contributed by atoms with Crippen LogP contribution in [-0.2, 0) is 11.3 Å². The smallest absolute Gasteiger partial charge is 0.0684 e. The standard InChI is InChI=1S/C14H23N3O/c1-14(2)12(11-5-3-10-18-13(11)14)15-7-9-17-8-4-6-16-17/h4,6,8,11-13,15H,3,5,7,9-10H2,1-2H3. The fourth-order valence-electron chi connectivity index (χ4n) is 3.70. The molecule has 3 rings (SSSR count). The van der Waals surface area contributed by atoms with E-state index in [0.29, 0.717) is 18.1 Å². The van der Waals surface area contributed by atoms with Gasteiger partial charge in [0.15, 0.2) is 0 Å². The average Bonchev–Trinajstić information content (AvgIpc) is 2.87. The van der Waals surface area contributed by atoms with Crippen LogP contribution in [0.25, 0.3) is 0 Å². The van der Waals surface area contributed by atoms with Crippen molar-refractivity contribution in [1.29, 1.82) is 0 Å². The first-order valence-electron chi connectivity index (χ1n) is 7.02. The number of nitrogens with zero attached hydrogens (tertiary/aromatic N) is 2. The van der Waals surface area contributed by atoms with Crippen LogP contribution < -0.4 is 5.32 Å². The molecule has 0 amide bonds. The predicted octanol–water partition coefficient (Wildman–Crippen LogP) is 1.68. The lowest BCUT2D eigenvalue weighted by Gasteiger charge is -2.60. The summed E-state index contributed by atoms with van der Waals surface area (Å²) in [6, 6.07) is 2.57. The van der Waals surface area contributed by atoms with Crippen LogP contribution in [0.5, 0.6) is 0 Å². The molecule has 2 aliphatic rings. The summed E-state index contributed by atoms with van der Waals surface area (Å²) in [5.74, 6) is 0.714. The molecule has 2 heterocycles. The molecule has 18 heavy (non-hydrogen) atoms. The zero-order valence-electron chi connectivity index (χ0n) is 11.3. The monoisotopic (exact) mass is 249 g/mol. The van der Waals surface area contributed by atoms with Crippen molar-refractivity contribution in [2.24, 2.45) is 11.3 Å². The molecular formula is C14H23N3O. The summed E-state index contributed by atoms with van der Waals surface area (Å²) in [4.78, 5) is 0. The first kappa shape index (κ1) is 12.2. The van der Waals surface area contributed by atoms with Crippen molar-refractivity contribution < 1.29 is 4.74 Å². The number of ether oxygens (including phenoxy) is 1. The molecule has 1 N–H and O–H groups in total. The summed E-state index contributed by atoms with van der Waals surface area (Å²) < 4.78 is 7.90. The highest BCUT2D eigenvalue weighted by Crippen LogP contribution is 2.51. The molecule has 0 bridgehead atoms. The van der Waals surface area contributed by atoms with Gasteiger partial charge < -0.3 is 10.1 Å². The Balaban J connectivity index is 1.53. The topological polar surface area (TPSA) is 39.1 Å². The maximum Gasteiger partial charge on any atom is 0.0684 e. The van der Waals surface area contributed by atoms with Crippen LogP contribution >= 0.6 is 0 Å². The minimum absolute atomic E-state index is 0.273. The molecule has 2 fully saturated rings. The van der Waals surface area contributed by atoms with Crippen molar-refractivity contribution in [1.82, 2.24) is 15.1 Å². The zero-order chi connectivity index (χ0) is 12.6. The maximum atomic E-state index is 5.92. The zero-order valence-corrected chi connectivity index (χ0v) is 11.3. The van der Waals surface area contributed by atoms with Gasteiger partial charge in [-0.1, -0.05) is 13.8 Å². The van der Waals surface area contributed by atoms with Crippen molar-refractivity contribution in [2.75, 3.05) is 13.2 Å². The molecule has 0 aromatic carbocycles. The normalized spacial score (nSPS) is 33.8. The van der Waals surface area contributed by atoms with E-state index in [-0.39, 0.29) is 5.41 Å². The average molecular weight is 249 g/mol. The van der Waals surface area contributed by atoms with Crippen molar-refractivity contribution in [3.05, 3.63) is 18.5 Å². The van der Waals surface area contributed by atoms with E-state index >= 15 is 0 Å². The number of fused-ring (bicyclic) bond motifs is 1. The van der Waals surface area contributed by atoms with E-state index in [0.717, 1.165) is 19.7 Å². The van der Waals surface area contributed by atoms with Crippen LogP contribution in [0, 0.1) is 11.3 Å². The fourth-order valence-corrected chi connectivity index (χ4v) is 3.70. The Morgan fingerprint density at radius 2 is 2.39 bits per heavy atom. The van der Waals surface area contributed by atoms with Crippen LogP contribution in [0.3, 0.4) is 0 Å². The van der Waals surface area contributed by atoms with Crippen LogP contribution in [0.1, 0.15) is 26.7 Å². The van der Waals surface area contributed by atoms with E-state index in [1.165, 1.54) is 12.8 Å². The quantitative estimate of drug-likeness (QED) is 0.882. The highest BCUT2D eigenvalue weighted by molar-refractivity contribution is 5.10. The summed E-state index contributed by atoms with van der Waals surface area (Å²) in [6.07, 6.45) is 6.84. The van der Waals surface area contributed by atoms with E-state index in [4.69, 9.17) is 4.74 Å². The number of hydrogen-bond donors (Lipinski definition) is 1. The Hall–Kier alpha value is -0.870. The second-order valence-electron chi connectivity index (χ2n) is 6.12. The molecule has 1 saturated heterocycles. The van der Waals surface area contributed by atoms with Gasteiger partial charge in [0.05, 0.1) is 12.6 Å². The molecule has 100 valence electrons. The fraction of sp³-hybridized carbons (Fsp3) is 0.786. The van der Waals surface area contributed by atoms with Crippen molar-refractivity contribution in [3.8, 4) is 0 Å². The molecule has 3 unspecified atom stereocenters. The van der Waals surface area contributed by atoms with Crippen LogP contribution in [-0.4, -0.2) is 35.1 Å². The number of nitrogens with one attached hydrogen (secondary N) is 1. The number of rotatable bonds is 4. The SMILES string of the molecule is CC1(C)C(NCCn2cccn2)C2CCCOC21. The molecule has 1 aromatic heterocycles. The summed E-state index contributed by atoms with van der Waals surface area (Å²) in [7, 11) is 0. The summed E-state index contributed by atoms with van der Waals surface area (Å²) in [6.45, 7) is 7.53. The maximum absolute atomic E-state index is 5.92. The molecule has 3 atom stereocenters. The molecule has 1 aliphatic carbocycles. The Labute approximate surface area is 109 Å². The van der Waals surface area contributed by atoms with Crippen molar-refractivity contribution in [2.45, 2.75) is 45.4 Å². The van der Waals surface area contributed by atoms with Crippen LogP contribution in [0.4, 0.5) is 0 Å². The first-order valence-corrected chi connectivity index (χ1v) is 7.02. The first-order chi connectivity index (χ1) is 8.69. The lowest BCUT2D eigenvalue weighted by atomic mass is 9.55. The predicted molar refractivity (Wildman–Crippen MR) is 70.3 cm³/mol. The minimum atomic E-state index is 0.273. The molecule has 1 saturated carbocycles. The Bertz CT molecular complexity index is 388. The summed E-state index contributed by atoms with van der Waals surface area (Å²) in [5.41, 5.74) is 0.273. The van der Waals surface area contributed by atoms with Crippen LogP contribution in [0.15, 0.2) is 18.5 Å². The van der Waals surface area contributed by atoms with Gasteiger partial charge in [0.2, 0.25) is 0 Å². The van der Waals surface area contributed by atoms with Gasteiger partial charge in [-0.15, -0.1) is 0 Å². The highest BCUT2D eigenvalue weighted by Gasteiger charge is 2.57. The van der Waals surface area contributed by atoms with Crippen molar-refractivity contribution >= 4 is 0 Å². The molecule has 4 nitrogen and oxygen atoms in total. The number of aromatic nitrogens is 2. The Kier molecular flexibility index (Phi) is 3.16. The third-order valence-electron chi connectivity index (χ3n) is 4.60. The number of hydrogen-bond acceptors (Lipinski definition) is 3. The third kappa shape index (κ3) is 1.97. The summed E-state index contributed by atoms with van der Waals surface area (Å²) >= 11 is 0. The largest absolute Gasteiger partial charge is 0.377 e. The lowest BCUT2D eigenvalue weighted by molar-refractivity contribution is -0.192. The van der Waals surface area contributed by atoms with E-state index in [1.54, 1.807) is 0 Å². The van der Waals surface area contributed by atoms with E-state index in [2.05, 4.69) is 24.3 Å². The molecule has 0 spiro atoms. The van der Waals surface area contributed by atoms with Gasteiger partial charge in [-0.05, 0) is 18.9 Å². The second kappa shape index (κ2) is 4.67. The second-order valence-corrected chi connectivity index (χ2v) is 6.12. The lowest BCUT2D eigenvalue weighted by Crippen LogP contribution is -2.69. The van der Waals surface area contributed by atoms with E-state index in [9.17, 15) is 0 Å². The Morgan fingerprint density at radius 3 is 3.17 bits per heavy atom. The van der Waals surface area contributed by atoms with Gasteiger partial charge >= 0.3 is 0 Å². The van der Waals surface area contributed by atoms with Gasteiger partial charge in [-0.2, -0.15) is 5.10 Å². The van der Waals surface area contributed by atoms with E-state index in [1.807, 2.05) is 23.1 Å². The van der Waals surface area contributed by atoms with Crippen LogP contribution in [0.2, 0.25) is 0 Å². The van der Waals surface area contributed by atoms with Gasteiger partial charge in [-0.3, -0.25) is 4.68 Å². The van der Waals surface area contributed by atoms with Crippen molar-refractivity contribution in [3.63, 3.8) is 0 Å². The molecule has 1 aromatic rings. The van der Waals surface area contributed by atoms with Gasteiger partial charge in [0.1, 0.15) is 0 Å². The molecule has 0 radical (unpaired) electrons. The molecule has 4 heteroatoms. The minimum Gasteiger partial charge on any atom is -0.377 e. The third-order valence-corrected chi connectivity index (χ3v) is 4.60. The van der Waals surface area contributed by atoms with Gasteiger partial charge in [-0.25, -0.2) is 0 Å². The summed E-state index contributed by atoms with van der Waals surface area (Å²) in [5, 5.41) is 7.93. The molecular weight excluding hydrogens is 226 g/mol.